The van der Waals surface area contributed by atoms with Crippen molar-refractivity contribution in [2.45, 2.75) is 45.3 Å². The second-order valence-corrected chi connectivity index (χ2v) is 9.23. The Labute approximate surface area is 198 Å². The van der Waals surface area contributed by atoms with Crippen LogP contribution in [0.25, 0.3) is 11.0 Å². The van der Waals surface area contributed by atoms with E-state index in [-0.39, 0.29) is 17.9 Å². The van der Waals surface area contributed by atoms with Gasteiger partial charge >= 0.3 is 0 Å². The number of aryl methyl sites for hydroxylation is 2. The Hall–Kier alpha value is -2.97. The molecular formula is C24H29ClN6O2. The van der Waals surface area contributed by atoms with E-state index in [0.29, 0.717) is 17.5 Å². The maximum atomic E-state index is 12.7. The minimum Gasteiger partial charge on any atom is -0.350 e. The number of rotatable bonds is 7. The second-order valence-electron chi connectivity index (χ2n) is 8.82. The van der Waals surface area contributed by atoms with Crippen LogP contribution in [0, 0.1) is 12.8 Å². The first-order valence-corrected chi connectivity index (χ1v) is 11.5. The Morgan fingerprint density at radius 1 is 1.30 bits per heavy atom. The molecule has 0 bridgehead atoms. The largest absolute Gasteiger partial charge is 0.350 e. The summed E-state index contributed by atoms with van der Waals surface area (Å²) >= 11 is 6.24. The number of carbonyl (C=O) groups excluding carboxylic acids is 2. The van der Waals surface area contributed by atoms with Gasteiger partial charge in [0.05, 0.1) is 11.1 Å². The minimum atomic E-state index is -0.641. The molecule has 0 saturated carbocycles. The van der Waals surface area contributed by atoms with Gasteiger partial charge in [-0.3, -0.25) is 14.6 Å². The third-order valence-electron chi connectivity index (χ3n) is 6.06. The number of hydrogen-bond donors (Lipinski definition) is 3. The fourth-order valence-electron chi connectivity index (χ4n) is 4.31. The maximum Gasteiger partial charge on any atom is 0.242 e. The van der Waals surface area contributed by atoms with Gasteiger partial charge in [0.2, 0.25) is 11.8 Å². The fourth-order valence-corrected chi connectivity index (χ4v) is 4.59. The molecule has 0 radical (unpaired) electrons. The summed E-state index contributed by atoms with van der Waals surface area (Å²) < 4.78 is 1.86. The highest BCUT2D eigenvalue weighted by molar-refractivity contribution is 6.35. The van der Waals surface area contributed by atoms with E-state index in [1.165, 1.54) is 5.56 Å². The summed E-state index contributed by atoms with van der Waals surface area (Å²) in [7, 11) is 1.88. The Bertz CT molecular complexity index is 1180. The van der Waals surface area contributed by atoms with Crippen LogP contribution in [0.2, 0.25) is 5.02 Å². The average Bonchev–Trinajstić information content (AvgIpc) is 3.36. The van der Waals surface area contributed by atoms with Gasteiger partial charge in [-0.05, 0) is 68.5 Å². The van der Waals surface area contributed by atoms with Gasteiger partial charge in [0.1, 0.15) is 11.7 Å². The topological polar surface area (TPSA) is 101 Å². The minimum absolute atomic E-state index is 0.148. The van der Waals surface area contributed by atoms with Crippen molar-refractivity contribution in [1.82, 2.24) is 30.5 Å². The molecule has 9 heteroatoms. The molecule has 3 atom stereocenters. The van der Waals surface area contributed by atoms with Gasteiger partial charge < -0.3 is 20.5 Å². The summed E-state index contributed by atoms with van der Waals surface area (Å²) in [6.07, 6.45) is 6.99. The van der Waals surface area contributed by atoms with E-state index in [1.807, 2.05) is 36.9 Å². The van der Waals surface area contributed by atoms with E-state index in [2.05, 4.69) is 32.0 Å². The lowest BCUT2D eigenvalue weighted by Crippen LogP contribution is -2.49. The number of pyridine rings is 2. The third-order valence-corrected chi connectivity index (χ3v) is 6.37. The number of aromatic nitrogens is 3. The van der Waals surface area contributed by atoms with Crippen molar-refractivity contribution in [1.29, 1.82) is 0 Å². The van der Waals surface area contributed by atoms with Gasteiger partial charge in [0, 0.05) is 43.3 Å². The summed E-state index contributed by atoms with van der Waals surface area (Å²) in [5.41, 5.74) is 3.86. The number of nitrogens with zero attached hydrogens (tertiary/aromatic N) is 3. The van der Waals surface area contributed by atoms with Gasteiger partial charge in [0.15, 0.2) is 0 Å². The number of amides is 2. The maximum absolute atomic E-state index is 12.7. The Morgan fingerprint density at radius 2 is 2.12 bits per heavy atom. The third kappa shape index (κ3) is 5.51. The SMILES string of the molecule is Cc1cc(C[C@@H]2CN[C@@H](C(=O)N[C@@H](C)C(=O)NCc3cnc4c(c3)c(Cl)cn4C)C2)ccn1. The predicted molar refractivity (Wildman–Crippen MR) is 128 cm³/mol. The molecule has 33 heavy (non-hydrogen) atoms. The van der Waals surface area contributed by atoms with Crippen molar-refractivity contribution in [3.05, 3.63) is 58.6 Å². The van der Waals surface area contributed by atoms with Gasteiger partial charge in [0.25, 0.3) is 0 Å². The molecular weight excluding hydrogens is 440 g/mol. The molecule has 174 valence electrons. The van der Waals surface area contributed by atoms with Crippen molar-refractivity contribution in [2.75, 3.05) is 6.54 Å². The van der Waals surface area contributed by atoms with Crippen LogP contribution in [0.1, 0.15) is 30.2 Å². The van der Waals surface area contributed by atoms with Gasteiger partial charge in [-0.25, -0.2) is 4.98 Å². The van der Waals surface area contributed by atoms with Crippen molar-refractivity contribution >= 4 is 34.4 Å². The van der Waals surface area contributed by atoms with Crippen LogP contribution in [-0.2, 0) is 29.6 Å². The molecule has 1 aliphatic rings. The monoisotopic (exact) mass is 468 g/mol. The summed E-state index contributed by atoms with van der Waals surface area (Å²) in [5, 5.41) is 10.4. The van der Waals surface area contributed by atoms with Crippen LogP contribution in [0.15, 0.2) is 36.8 Å². The highest BCUT2D eigenvalue weighted by atomic mass is 35.5. The Kier molecular flexibility index (Phi) is 6.95. The molecule has 2 amide bonds. The first kappa shape index (κ1) is 23.2. The zero-order valence-electron chi connectivity index (χ0n) is 19.1. The van der Waals surface area contributed by atoms with Crippen LogP contribution in [0.5, 0.6) is 0 Å². The lowest BCUT2D eigenvalue weighted by atomic mass is 9.96. The molecule has 0 aromatic carbocycles. The first-order chi connectivity index (χ1) is 15.8. The van der Waals surface area contributed by atoms with Crippen molar-refractivity contribution in [3.63, 3.8) is 0 Å². The standard InChI is InChI=1S/C24H29ClN6O2/c1-14-6-16(4-5-26-14)7-17-9-21(27-10-17)24(33)30-15(2)23(32)29-12-18-8-19-20(25)13-31(3)22(19)28-11-18/h4-6,8,11,13,15,17,21,27H,7,9-10,12H2,1-3H3,(H,29,32)(H,30,33)/t15-,17-,21+/m0/s1. The Balaban J connectivity index is 1.25. The summed E-state index contributed by atoms with van der Waals surface area (Å²) in [6.45, 7) is 4.75. The average molecular weight is 469 g/mol. The molecule has 3 aromatic rings. The molecule has 0 aliphatic carbocycles. The fraction of sp³-hybridized carbons (Fsp3) is 0.417. The van der Waals surface area contributed by atoms with E-state index in [1.54, 1.807) is 19.3 Å². The molecule has 3 N–H and O–H groups in total. The van der Waals surface area contributed by atoms with E-state index in [9.17, 15) is 9.59 Å². The quantitative estimate of drug-likeness (QED) is 0.494. The molecule has 8 nitrogen and oxygen atoms in total. The van der Waals surface area contributed by atoms with Gasteiger partial charge in [-0.2, -0.15) is 0 Å². The van der Waals surface area contributed by atoms with Crippen molar-refractivity contribution < 1.29 is 9.59 Å². The number of halogens is 1. The summed E-state index contributed by atoms with van der Waals surface area (Å²) in [4.78, 5) is 33.9. The molecule has 1 saturated heterocycles. The highest BCUT2D eigenvalue weighted by Crippen LogP contribution is 2.24. The summed E-state index contributed by atoms with van der Waals surface area (Å²) in [5.74, 6) is -0.0199. The van der Waals surface area contributed by atoms with E-state index >= 15 is 0 Å². The molecule has 4 rings (SSSR count). The van der Waals surface area contributed by atoms with Crippen LogP contribution >= 0.6 is 11.6 Å². The van der Waals surface area contributed by atoms with Gasteiger partial charge in [-0.1, -0.05) is 11.6 Å². The Morgan fingerprint density at radius 3 is 2.91 bits per heavy atom. The molecule has 4 heterocycles. The van der Waals surface area contributed by atoms with Gasteiger partial charge in [-0.15, -0.1) is 0 Å². The summed E-state index contributed by atoms with van der Waals surface area (Å²) in [6, 6.07) is 5.09. The lowest BCUT2D eigenvalue weighted by molar-refractivity contribution is -0.129. The zero-order valence-corrected chi connectivity index (χ0v) is 19.8. The number of carbonyl (C=O) groups is 2. The van der Waals surface area contributed by atoms with E-state index in [0.717, 1.165) is 41.7 Å². The van der Waals surface area contributed by atoms with E-state index in [4.69, 9.17) is 11.6 Å². The molecule has 0 unspecified atom stereocenters. The number of nitrogens with one attached hydrogen (secondary N) is 3. The molecule has 1 fully saturated rings. The first-order valence-electron chi connectivity index (χ1n) is 11.1. The van der Waals surface area contributed by atoms with Crippen molar-refractivity contribution in [2.24, 2.45) is 13.0 Å². The van der Waals surface area contributed by atoms with E-state index < -0.39 is 6.04 Å². The lowest BCUT2D eigenvalue weighted by Gasteiger charge is -2.17. The predicted octanol–water partition coefficient (Wildman–Crippen LogP) is 2.27. The zero-order chi connectivity index (χ0) is 23.5. The van der Waals surface area contributed by atoms with Crippen LogP contribution < -0.4 is 16.0 Å². The molecule has 3 aromatic heterocycles. The smallest absolute Gasteiger partial charge is 0.242 e. The number of fused-ring (bicyclic) bond motifs is 1. The van der Waals surface area contributed by atoms with Crippen LogP contribution in [-0.4, -0.2) is 45.0 Å². The highest BCUT2D eigenvalue weighted by Gasteiger charge is 2.30. The molecule has 1 aliphatic heterocycles. The second kappa shape index (κ2) is 9.89. The normalized spacial score (nSPS) is 18.9. The van der Waals surface area contributed by atoms with Crippen molar-refractivity contribution in [3.8, 4) is 0 Å². The molecule has 0 spiro atoms. The van der Waals surface area contributed by atoms with Crippen LogP contribution in [0.4, 0.5) is 0 Å². The number of hydrogen-bond acceptors (Lipinski definition) is 5. The van der Waals surface area contributed by atoms with Crippen LogP contribution in [0.3, 0.4) is 0 Å².